The number of halogens is 1. The van der Waals surface area contributed by atoms with E-state index in [0.717, 1.165) is 32.8 Å². The van der Waals surface area contributed by atoms with Crippen molar-refractivity contribution < 1.29 is 4.79 Å². The number of rotatable bonds is 3. The van der Waals surface area contributed by atoms with Crippen LogP contribution in [-0.4, -0.2) is 16.1 Å². The third-order valence-corrected chi connectivity index (χ3v) is 3.94. The lowest BCUT2D eigenvalue weighted by Gasteiger charge is -1.95. The van der Waals surface area contributed by atoms with Gasteiger partial charge in [-0.3, -0.25) is 9.48 Å². The number of aldehydes is 1. The Kier molecular flexibility index (Phi) is 3.25. The largest absolute Gasteiger partial charge is 0.298 e. The zero-order chi connectivity index (χ0) is 11.7. The lowest BCUT2D eigenvalue weighted by molar-refractivity contribution is 0.112. The van der Waals surface area contributed by atoms with E-state index >= 15 is 0 Å². The van der Waals surface area contributed by atoms with Crippen molar-refractivity contribution in [3.63, 3.8) is 0 Å². The van der Waals surface area contributed by atoms with E-state index in [1.54, 1.807) is 22.2 Å². The van der Waals surface area contributed by atoms with E-state index in [1.807, 2.05) is 19.9 Å². The SMILES string of the molecule is CCn1cc(C=O)c(-c2cc(Br)sc2C)n1. The first-order valence-electron chi connectivity index (χ1n) is 4.94. The van der Waals surface area contributed by atoms with Gasteiger partial charge in [0.2, 0.25) is 0 Å². The molecule has 0 aliphatic carbocycles. The monoisotopic (exact) mass is 298 g/mol. The highest BCUT2D eigenvalue weighted by Gasteiger charge is 2.14. The molecular formula is C11H11BrN2OS. The lowest BCUT2D eigenvalue weighted by atomic mass is 10.1. The molecule has 84 valence electrons. The summed E-state index contributed by atoms with van der Waals surface area (Å²) < 4.78 is 2.84. The minimum atomic E-state index is 0.648. The van der Waals surface area contributed by atoms with Crippen molar-refractivity contribution in [2.24, 2.45) is 0 Å². The van der Waals surface area contributed by atoms with Gasteiger partial charge in [-0.05, 0) is 35.8 Å². The summed E-state index contributed by atoms with van der Waals surface area (Å²) in [6.07, 6.45) is 2.65. The van der Waals surface area contributed by atoms with Crippen molar-refractivity contribution in [1.29, 1.82) is 0 Å². The van der Waals surface area contributed by atoms with Crippen LogP contribution >= 0.6 is 27.3 Å². The summed E-state index contributed by atoms with van der Waals surface area (Å²) >= 11 is 5.10. The van der Waals surface area contributed by atoms with Gasteiger partial charge in [-0.25, -0.2) is 0 Å². The zero-order valence-corrected chi connectivity index (χ0v) is 11.4. The van der Waals surface area contributed by atoms with Gasteiger partial charge >= 0.3 is 0 Å². The van der Waals surface area contributed by atoms with Gasteiger partial charge in [-0.2, -0.15) is 5.10 Å². The van der Waals surface area contributed by atoms with E-state index in [0.29, 0.717) is 5.56 Å². The number of hydrogen-bond acceptors (Lipinski definition) is 3. The fourth-order valence-corrected chi connectivity index (χ4v) is 3.27. The number of nitrogens with zero attached hydrogens (tertiary/aromatic N) is 2. The zero-order valence-electron chi connectivity index (χ0n) is 9.03. The molecule has 0 saturated carbocycles. The van der Waals surface area contributed by atoms with Crippen LogP contribution in [0.3, 0.4) is 0 Å². The number of carbonyl (C=O) groups is 1. The van der Waals surface area contributed by atoms with E-state index in [1.165, 1.54) is 0 Å². The Hall–Kier alpha value is -0.940. The van der Waals surface area contributed by atoms with E-state index in [9.17, 15) is 4.79 Å². The van der Waals surface area contributed by atoms with E-state index in [-0.39, 0.29) is 0 Å². The molecule has 0 bridgehead atoms. The Balaban J connectivity index is 2.58. The molecule has 0 amide bonds. The molecule has 0 aromatic carbocycles. The number of carbonyl (C=O) groups excluding carboxylic acids is 1. The van der Waals surface area contributed by atoms with Crippen LogP contribution < -0.4 is 0 Å². The molecule has 0 aliphatic rings. The third kappa shape index (κ3) is 1.97. The average molecular weight is 299 g/mol. The molecular weight excluding hydrogens is 288 g/mol. The maximum Gasteiger partial charge on any atom is 0.153 e. The minimum absolute atomic E-state index is 0.648. The van der Waals surface area contributed by atoms with Gasteiger partial charge in [-0.1, -0.05) is 0 Å². The number of aryl methyl sites for hydroxylation is 2. The number of aromatic nitrogens is 2. The normalized spacial score (nSPS) is 10.7. The second kappa shape index (κ2) is 4.51. The Morgan fingerprint density at radius 3 is 2.88 bits per heavy atom. The molecule has 16 heavy (non-hydrogen) atoms. The standard InChI is InChI=1S/C11H11BrN2OS/c1-3-14-5-8(6-15)11(13-14)9-4-10(12)16-7(9)2/h4-6H,3H2,1-2H3. The van der Waals surface area contributed by atoms with Crippen LogP contribution in [-0.2, 0) is 6.54 Å². The highest BCUT2D eigenvalue weighted by Crippen LogP contribution is 2.34. The number of hydrogen-bond donors (Lipinski definition) is 0. The second-order valence-electron chi connectivity index (χ2n) is 3.43. The van der Waals surface area contributed by atoms with Gasteiger partial charge in [0.15, 0.2) is 6.29 Å². The Bertz CT molecular complexity index is 530. The molecule has 0 aliphatic heterocycles. The molecule has 2 heterocycles. The highest BCUT2D eigenvalue weighted by atomic mass is 79.9. The van der Waals surface area contributed by atoms with Gasteiger partial charge in [0.05, 0.1) is 9.35 Å². The smallest absolute Gasteiger partial charge is 0.153 e. The Labute approximate surface area is 106 Å². The summed E-state index contributed by atoms with van der Waals surface area (Å²) in [6, 6.07) is 2.01. The van der Waals surface area contributed by atoms with Crippen molar-refractivity contribution in [3.8, 4) is 11.3 Å². The molecule has 0 atom stereocenters. The molecule has 2 aromatic rings. The molecule has 0 radical (unpaired) electrons. The summed E-state index contributed by atoms with van der Waals surface area (Å²) in [5.41, 5.74) is 2.46. The van der Waals surface area contributed by atoms with Gasteiger partial charge < -0.3 is 0 Å². The molecule has 0 spiro atoms. The first-order valence-corrected chi connectivity index (χ1v) is 6.55. The molecule has 0 fully saturated rings. The minimum Gasteiger partial charge on any atom is -0.298 e. The maximum atomic E-state index is 11.0. The van der Waals surface area contributed by atoms with Crippen LogP contribution in [0, 0.1) is 6.92 Å². The molecule has 0 unspecified atom stereocenters. The van der Waals surface area contributed by atoms with Gasteiger partial charge in [0.1, 0.15) is 5.69 Å². The van der Waals surface area contributed by atoms with Crippen LogP contribution in [0.5, 0.6) is 0 Å². The summed E-state index contributed by atoms with van der Waals surface area (Å²) in [5, 5.41) is 4.42. The predicted octanol–water partition coefficient (Wildman–Crippen LogP) is 3.51. The third-order valence-electron chi connectivity index (χ3n) is 2.38. The van der Waals surface area contributed by atoms with Gasteiger partial charge in [0.25, 0.3) is 0 Å². The van der Waals surface area contributed by atoms with E-state index in [2.05, 4.69) is 21.0 Å². The molecule has 5 heteroatoms. The average Bonchev–Trinajstić information content (AvgIpc) is 2.81. The fraction of sp³-hybridized carbons (Fsp3) is 0.273. The van der Waals surface area contributed by atoms with Crippen molar-refractivity contribution in [3.05, 3.63) is 26.5 Å². The lowest BCUT2D eigenvalue weighted by Crippen LogP contribution is -1.93. The Morgan fingerprint density at radius 2 is 2.38 bits per heavy atom. The molecule has 3 nitrogen and oxygen atoms in total. The summed E-state index contributed by atoms with van der Waals surface area (Å²) in [6.45, 7) is 4.80. The first kappa shape index (κ1) is 11.5. The van der Waals surface area contributed by atoms with E-state index in [4.69, 9.17) is 0 Å². The second-order valence-corrected chi connectivity index (χ2v) is 6.06. The Morgan fingerprint density at radius 1 is 1.62 bits per heavy atom. The predicted molar refractivity (Wildman–Crippen MR) is 69.0 cm³/mol. The first-order chi connectivity index (χ1) is 7.65. The quantitative estimate of drug-likeness (QED) is 0.813. The summed E-state index contributed by atoms with van der Waals surface area (Å²) in [4.78, 5) is 12.1. The van der Waals surface area contributed by atoms with Crippen molar-refractivity contribution in [1.82, 2.24) is 9.78 Å². The molecule has 0 saturated heterocycles. The maximum absolute atomic E-state index is 11.0. The van der Waals surface area contributed by atoms with Crippen LogP contribution in [0.2, 0.25) is 0 Å². The van der Waals surface area contributed by atoms with Crippen molar-refractivity contribution in [2.75, 3.05) is 0 Å². The van der Waals surface area contributed by atoms with Crippen LogP contribution in [0.4, 0.5) is 0 Å². The van der Waals surface area contributed by atoms with Crippen LogP contribution in [0.15, 0.2) is 16.0 Å². The molecule has 2 aromatic heterocycles. The molecule has 2 rings (SSSR count). The fourth-order valence-electron chi connectivity index (χ4n) is 1.58. The van der Waals surface area contributed by atoms with E-state index < -0.39 is 0 Å². The van der Waals surface area contributed by atoms with Crippen LogP contribution in [0.25, 0.3) is 11.3 Å². The topological polar surface area (TPSA) is 34.9 Å². The highest BCUT2D eigenvalue weighted by molar-refractivity contribution is 9.11. The van der Waals surface area contributed by atoms with Crippen molar-refractivity contribution >= 4 is 33.6 Å². The summed E-state index contributed by atoms with van der Waals surface area (Å²) in [5.74, 6) is 0. The van der Waals surface area contributed by atoms with Gasteiger partial charge in [0, 0.05) is 23.2 Å². The molecule has 0 N–H and O–H groups in total. The van der Waals surface area contributed by atoms with Crippen molar-refractivity contribution in [2.45, 2.75) is 20.4 Å². The number of thiophene rings is 1. The summed E-state index contributed by atoms with van der Waals surface area (Å²) in [7, 11) is 0. The van der Waals surface area contributed by atoms with Gasteiger partial charge in [-0.15, -0.1) is 11.3 Å². The van der Waals surface area contributed by atoms with Crippen LogP contribution in [0.1, 0.15) is 22.2 Å².